The van der Waals surface area contributed by atoms with Gasteiger partial charge in [0.15, 0.2) is 8.29 Å². The second-order valence-corrected chi connectivity index (χ2v) is 9.38. The summed E-state index contributed by atoms with van der Waals surface area (Å²) in [6, 6.07) is 16.4. The summed E-state index contributed by atoms with van der Waals surface area (Å²) in [4.78, 5) is 7.23. The van der Waals surface area contributed by atoms with E-state index >= 15 is 0 Å². The average Bonchev–Trinajstić information content (AvgIpc) is 3.09. The van der Waals surface area contributed by atoms with E-state index in [1.807, 2.05) is 41.1 Å². The molecular formula is C21H22N4S3. The van der Waals surface area contributed by atoms with Gasteiger partial charge < -0.3 is 4.90 Å². The third-order valence-corrected chi connectivity index (χ3v) is 7.17. The van der Waals surface area contributed by atoms with E-state index in [1.54, 1.807) is 23.1 Å². The van der Waals surface area contributed by atoms with E-state index in [0.29, 0.717) is 0 Å². The highest BCUT2D eigenvalue weighted by molar-refractivity contribution is 8.01. The van der Waals surface area contributed by atoms with Crippen LogP contribution >= 0.6 is 35.3 Å². The maximum absolute atomic E-state index is 5.70. The molecule has 2 aromatic carbocycles. The van der Waals surface area contributed by atoms with Crippen LogP contribution in [0.3, 0.4) is 0 Å². The molecule has 0 aliphatic rings. The molecule has 4 rings (SSSR count). The Morgan fingerprint density at radius 3 is 2.21 bits per heavy atom. The van der Waals surface area contributed by atoms with Gasteiger partial charge in [-0.05, 0) is 37.4 Å². The number of thioether (sulfide) groups is 1. The Hall–Kier alpha value is -1.80. The molecule has 0 aliphatic carbocycles. The minimum absolute atomic E-state index is 0.770. The molecule has 0 N–H and O–H groups in total. The summed E-state index contributed by atoms with van der Waals surface area (Å²) >= 11 is 9.07. The van der Waals surface area contributed by atoms with Gasteiger partial charge in [0, 0.05) is 23.1 Å². The monoisotopic (exact) mass is 426 g/mol. The Kier molecular flexibility index (Phi) is 6.06. The predicted octanol–water partition coefficient (Wildman–Crippen LogP) is 5.80. The molecule has 0 radical (unpaired) electrons. The molecule has 0 aliphatic heterocycles. The SMILES string of the molecule is CCN(CC)CCSc1nn(-c2c3ccccc3nc3ccccc23)c(=S)s1. The molecule has 0 unspecified atom stereocenters. The van der Waals surface area contributed by atoms with Crippen LogP contribution in [0.5, 0.6) is 0 Å². The molecule has 4 aromatic rings. The molecule has 28 heavy (non-hydrogen) atoms. The van der Waals surface area contributed by atoms with Gasteiger partial charge in [0.1, 0.15) is 0 Å². The normalized spacial score (nSPS) is 11.7. The Bertz CT molecular complexity index is 1110. The van der Waals surface area contributed by atoms with E-state index in [9.17, 15) is 0 Å². The number of rotatable bonds is 7. The molecule has 0 amide bonds. The van der Waals surface area contributed by atoms with Crippen molar-refractivity contribution in [3.8, 4) is 5.69 Å². The molecule has 0 saturated heterocycles. The maximum Gasteiger partial charge on any atom is 0.184 e. The number of nitrogens with zero attached hydrogens (tertiary/aromatic N) is 4. The number of para-hydroxylation sites is 2. The van der Waals surface area contributed by atoms with Crippen LogP contribution in [0.1, 0.15) is 13.8 Å². The van der Waals surface area contributed by atoms with Gasteiger partial charge in [0.05, 0.1) is 16.7 Å². The van der Waals surface area contributed by atoms with Gasteiger partial charge in [-0.3, -0.25) is 0 Å². The largest absolute Gasteiger partial charge is 0.303 e. The van der Waals surface area contributed by atoms with Crippen molar-refractivity contribution in [3.05, 3.63) is 52.5 Å². The first-order valence-electron chi connectivity index (χ1n) is 9.44. The first-order chi connectivity index (χ1) is 13.7. The zero-order chi connectivity index (χ0) is 19.5. The van der Waals surface area contributed by atoms with Crippen LogP contribution < -0.4 is 0 Å². The van der Waals surface area contributed by atoms with Crippen molar-refractivity contribution in [2.45, 2.75) is 18.2 Å². The second-order valence-electron chi connectivity index (χ2n) is 6.42. The Balaban J connectivity index is 1.76. The van der Waals surface area contributed by atoms with Gasteiger partial charge in [0.2, 0.25) is 0 Å². The summed E-state index contributed by atoms with van der Waals surface area (Å²) in [5.41, 5.74) is 2.95. The number of benzene rings is 2. The minimum Gasteiger partial charge on any atom is -0.303 e. The molecule has 0 saturated carbocycles. The van der Waals surface area contributed by atoms with Crippen molar-refractivity contribution < 1.29 is 0 Å². The molecule has 0 atom stereocenters. The summed E-state index contributed by atoms with van der Waals surface area (Å²) in [6.45, 7) is 7.62. The first-order valence-corrected chi connectivity index (χ1v) is 11.7. The summed E-state index contributed by atoms with van der Waals surface area (Å²) < 4.78 is 3.71. The summed E-state index contributed by atoms with van der Waals surface area (Å²) in [6.07, 6.45) is 0. The predicted molar refractivity (Wildman–Crippen MR) is 124 cm³/mol. The topological polar surface area (TPSA) is 34.0 Å². The fraction of sp³-hybridized carbons (Fsp3) is 0.286. The number of pyridine rings is 1. The van der Waals surface area contributed by atoms with E-state index in [4.69, 9.17) is 22.3 Å². The van der Waals surface area contributed by atoms with Crippen LogP contribution in [0.15, 0.2) is 52.9 Å². The molecule has 2 heterocycles. The van der Waals surface area contributed by atoms with Crippen molar-refractivity contribution in [2.75, 3.05) is 25.4 Å². The van der Waals surface area contributed by atoms with E-state index in [2.05, 4.69) is 30.9 Å². The summed E-state index contributed by atoms with van der Waals surface area (Å²) in [5, 5.41) is 7.02. The molecule has 2 aromatic heterocycles. The molecule has 0 bridgehead atoms. The zero-order valence-electron chi connectivity index (χ0n) is 16.0. The quantitative estimate of drug-likeness (QED) is 0.212. The van der Waals surface area contributed by atoms with Crippen molar-refractivity contribution in [1.29, 1.82) is 0 Å². The molecule has 7 heteroatoms. The average molecular weight is 427 g/mol. The number of hydrogen-bond donors (Lipinski definition) is 0. The van der Waals surface area contributed by atoms with E-state index in [-0.39, 0.29) is 0 Å². The molecule has 4 nitrogen and oxygen atoms in total. The lowest BCUT2D eigenvalue weighted by atomic mass is 10.1. The lowest BCUT2D eigenvalue weighted by Gasteiger charge is -2.16. The smallest absolute Gasteiger partial charge is 0.184 e. The van der Waals surface area contributed by atoms with Crippen LogP contribution in [-0.4, -0.2) is 45.1 Å². The first kappa shape index (κ1) is 19.5. The zero-order valence-corrected chi connectivity index (χ0v) is 18.4. The van der Waals surface area contributed by atoms with Crippen molar-refractivity contribution in [3.63, 3.8) is 0 Å². The van der Waals surface area contributed by atoms with Crippen molar-refractivity contribution in [1.82, 2.24) is 19.7 Å². The Morgan fingerprint density at radius 2 is 1.61 bits per heavy atom. The van der Waals surface area contributed by atoms with Crippen LogP contribution in [0.2, 0.25) is 0 Å². The summed E-state index contributed by atoms with van der Waals surface area (Å²) in [5.74, 6) is 1.02. The van der Waals surface area contributed by atoms with Gasteiger partial charge in [0.25, 0.3) is 0 Å². The molecule has 0 fully saturated rings. The van der Waals surface area contributed by atoms with Gasteiger partial charge in [-0.25, -0.2) is 9.67 Å². The third-order valence-electron chi connectivity index (χ3n) is 4.83. The highest BCUT2D eigenvalue weighted by Crippen LogP contribution is 2.32. The maximum atomic E-state index is 5.70. The Morgan fingerprint density at radius 1 is 1.00 bits per heavy atom. The van der Waals surface area contributed by atoms with Gasteiger partial charge >= 0.3 is 0 Å². The fourth-order valence-corrected chi connectivity index (χ4v) is 5.71. The summed E-state index contributed by atoms with van der Waals surface area (Å²) in [7, 11) is 0. The van der Waals surface area contributed by atoms with Crippen LogP contribution in [-0.2, 0) is 0 Å². The van der Waals surface area contributed by atoms with Crippen LogP contribution in [0, 0.1) is 3.95 Å². The lowest BCUT2D eigenvalue weighted by molar-refractivity contribution is 0.324. The van der Waals surface area contributed by atoms with Crippen LogP contribution in [0.4, 0.5) is 0 Å². The van der Waals surface area contributed by atoms with E-state index < -0.39 is 0 Å². The van der Waals surface area contributed by atoms with Crippen molar-refractivity contribution >= 4 is 57.1 Å². The van der Waals surface area contributed by atoms with Gasteiger partial charge in [-0.2, -0.15) is 0 Å². The molecule has 144 valence electrons. The standard InChI is InChI=1S/C21H22N4S3/c1-3-24(4-2)13-14-27-20-23-25(21(26)28-20)19-15-9-5-7-11-17(15)22-18-12-8-6-10-16(18)19/h5-12H,3-4,13-14H2,1-2H3. The molecule has 0 spiro atoms. The van der Waals surface area contributed by atoms with Gasteiger partial charge in [-0.15, -0.1) is 5.10 Å². The third kappa shape index (κ3) is 3.85. The highest BCUT2D eigenvalue weighted by Gasteiger charge is 2.14. The number of hydrogen-bond acceptors (Lipinski definition) is 6. The fourth-order valence-electron chi connectivity index (χ4n) is 3.31. The molecular weight excluding hydrogens is 404 g/mol. The van der Waals surface area contributed by atoms with Gasteiger partial charge in [-0.1, -0.05) is 73.3 Å². The van der Waals surface area contributed by atoms with E-state index in [0.717, 1.165) is 61.2 Å². The minimum atomic E-state index is 0.770. The number of aromatic nitrogens is 3. The highest BCUT2D eigenvalue weighted by atomic mass is 32.2. The van der Waals surface area contributed by atoms with Crippen molar-refractivity contribution in [2.24, 2.45) is 0 Å². The van der Waals surface area contributed by atoms with E-state index in [1.165, 1.54) is 0 Å². The van der Waals surface area contributed by atoms with Crippen LogP contribution in [0.25, 0.3) is 27.5 Å². The Labute approximate surface area is 178 Å². The number of fused-ring (bicyclic) bond motifs is 2. The lowest BCUT2D eigenvalue weighted by Crippen LogP contribution is -2.25. The second kappa shape index (κ2) is 8.69.